The predicted octanol–water partition coefficient (Wildman–Crippen LogP) is 1.90. The number of nitrogens with zero attached hydrogens (tertiary/aromatic N) is 1. The van der Waals surface area contributed by atoms with E-state index in [0.29, 0.717) is 0 Å². The molecule has 0 saturated heterocycles. The molecule has 2 nitrogen and oxygen atoms in total. The van der Waals surface area contributed by atoms with Gasteiger partial charge in [0.25, 0.3) is 0 Å². The van der Waals surface area contributed by atoms with E-state index in [1.807, 2.05) is 0 Å². The van der Waals surface area contributed by atoms with E-state index in [1.165, 1.54) is 12.8 Å². The van der Waals surface area contributed by atoms with Gasteiger partial charge < -0.3 is 0 Å². The van der Waals surface area contributed by atoms with Crippen molar-refractivity contribution < 1.29 is 4.79 Å². The molecule has 0 aromatic carbocycles. The standard InChI is InChI=1S/C8H13NO/c1-2-8(9-6-10)5-7-3-4-7/h7-8H,2-5H2,1H3. The average molecular weight is 139 g/mol. The van der Waals surface area contributed by atoms with Crippen molar-refractivity contribution in [3.8, 4) is 0 Å². The highest BCUT2D eigenvalue weighted by molar-refractivity contribution is 5.33. The van der Waals surface area contributed by atoms with Crippen molar-refractivity contribution in [2.24, 2.45) is 10.9 Å². The van der Waals surface area contributed by atoms with Crippen LogP contribution in [0.2, 0.25) is 0 Å². The van der Waals surface area contributed by atoms with Gasteiger partial charge in [0.05, 0.1) is 6.04 Å². The molecule has 56 valence electrons. The molecule has 10 heavy (non-hydrogen) atoms. The number of aliphatic imine (C=N–C) groups is 1. The van der Waals surface area contributed by atoms with Gasteiger partial charge in [-0.3, -0.25) is 0 Å². The van der Waals surface area contributed by atoms with Crippen LogP contribution in [0.25, 0.3) is 0 Å². The van der Waals surface area contributed by atoms with E-state index in [9.17, 15) is 4.79 Å². The van der Waals surface area contributed by atoms with Gasteiger partial charge >= 0.3 is 0 Å². The van der Waals surface area contributed by atoms with E-state index in [-0.39, 0.29) is 6.04 Å². The minimum Gasteiger partial charge on any atom is -0.211 e. The molecule has 1 atom stereocenters. The summed E-state index contributed by atoms with van der Waals surface area (Å²) in [5.41, 5.74) is 0. The molecule has 2 heteroatoms. The van der Waals surface area contributed by atoms with Crippen LogP contribution in [0.4, 0.5) is 0 Å². The molecule has 0 bridgehead atoms. The Kier molecular flexibility index (Phi) is 2.64. The fraction of sp³-hybridized carbons (Fsp3) is 0.875. The lowest BCUT2D eigenvalue weighted by Crippen LogP contribution is -2.02. The maximum atomic E-state index is 9.88. The Hall–Kier alpha value is -0.620. The van der Waals surface area contributed by atoms with Crippen LogP contribution in [-0.4, -0.2) is 12.1 Å². The van der Waals surface area contributed by atoms with Crippen molar-refractivity contribution in [2.45, 2.75) is 38.6 Å². The highest BCUT2D eigenvalue weighted by Gasteiger charge is 2.24. The zero-order valence-electron chi connectivity index (χ0n) is 6.34. The third-order valence-electron chi connectivity index (χ3n) is 2.01. The Morgan fingerprint density at radius 3 is 2.80 bits per heavy atom. The highest BCUT2D eigenvalue weighted by Crippen LogP contribution is 2.34. The molecule has 1 unspecified atom stereocenters. The fourth-order valence-corrected chi connectivity index (χ4v) is 1.12. The molecule has 1 fully saturated rings. The minimum absolute atomic E-state index is 0.255. The molecule has 0 heterocycles. The summed E-state index contributed by atoms with van der Waals surface area (Å²) in [5.74, 6) is 0.863. The van der Waals surface area contributed by atoms with Crippen molar-refractivity contribution in [3.63, 3.8) is 0 Å². The fourth-order valence-electron chi connectivity index (χ4n) is 1.12. The molecular formula is C8H13NO. The smallest absolute Gasteiger partial charge is 0.211 e. The summed E-state index contributed by atoms with van der Waals surface area (Å²) >= 11 is 0. The van der Waals surface area contributed by atoms with Crippen molar-refractivity contribution in [3.05, 3.63) is 0 Å². The zero-order chi connectivity index (χ0) is 7.40. The van der Waals surface area contributed by atoms with Crippen LogP contribution in [0.1, 0.15) is 32.6 Å². The Morgan fingerprint density at radius 1 is 1.70 bits per heavy atom. The van der Waals surface area contributed by atoms with E-state index >= 15 is 0 Å². The monoisotopic (exact) mass is 139 g/mol. The van der Waals surface area contributed by atoms with Gasteiger partial charge in [0, 0.05) is 0 Å². The molecule has 1 rings (SSSR count). The number of hydrogen-bond acceptors (Lipinski definition) is 2. The van der Waals surface area contributed by atoms with Crippen molar-refractivity contribution in [1.82, 2.24) is 0 Å². The van der Waals surface area contributed by atoms with Crippen LogP contribution < -0.4 is 0 Å². The maximum absolute atomic E-state index is 9.88. The lowest BCUT2D eigenvalue weighted by molar-refractivity contribution is 0.530. The molecule has 0 aliphatic heterocycles. The van der Waals surface area contributed by atoms with Gasteiger partial charge in [0.1, 0.15) is 0 Å². The van der Waals surface area contributed by atoms with Crippen LogP contribution in [0, 0.1) is 5.92 Å². The zero-order valence-corrected chi connectivity index (χ0v) is 6.34. The summed E-state index contributed by atoms with van der Waals surface area (Å²) in [6.07, 6.45) is 6.38. The van der Waals surface area contributed by atoms with Gasteiger partial charge in [0.15, 0.2) is 0 Å². The second-order valence-electron chi connectivity index (χ2n) is 2.96. The normalized spacial score (nSPS) is 19.7. The van der Waals surface area contributed by atoms with Crippen molar-refractivity contribution in [2.75, 3.05) is 0 Å². The quantitative estimate of drug-likeness (QED) is 0.432. The molecule has 0 aromatic rings. The van der Waals surface area contributed by atoms with Crippen molar-refractivity contribution in [1.29, 1.82) is 0 Å². The Morgan fingerprint density at radius 2 is 2.40 bits per heavy atom. The summed E-state index contributed by atoms with van der Waals surface area (Å²) < 4.78 is 0. The van der Waals surface area contributed by atoms with E-state index < -0.39 is 0 Å². The lowest BCUT2D eigenvalue weighted by atomic mass is 10.1. The Labute approximate surface area is 61.3 Å². The first-order valence-electron chi connectivity index (χ1n) is 3.93. The van der Waals surface area contributed by atoms with Crippen LogP contribution in [0.5, 0.6) is 0 Å². The molecule has 1 aliphatic carbocycles. The Balaban J connectivity index is 2.24. The van der Waals surface area contributed by atoms with E-state index in [0.717, 1.165) is 18.8 Å². The number of carbonyl (C=O) groups excluding carboxylic acids is 1. The maximum Gasteiger partial charge on any atom is 0.235 e. The van der Waals surface area contributed by atoms with Crippen LogP contribution in [0.15, 0.2) is 4.99 Å². The first-order chi connectivity index (χ1) is 4.86. The van der Waals surface area contributed by atoms with Gasteiger partial charge in [-0.05, 0) is 18.8 Å². The molecule has 0 radical (unpaired) electrons. The third-order valence-corrected chi connectivity index (χ3v) is 2.01. The highest BCUT2D eigenvalue weighted by atomic mass is 16.1. The van der Waals surface area contributed by atoms with E-state index in [2.05, 4.69) is 11.9 Å². The molecule has 1 saturated carbocycles. The van der Waals surface area contributed by atoms with Gasteiger partial charge in [-0.2, -0.15) is 0 Å². The summed E-state index contributed by atoms with van der Waals surface area (Å²) in [7, 11) is 0. The molecule has 0 aromatic heterocycles. The molecule has 0 amide bonds. The average Bonchev–Trinajstić information content (AvgIpc) is 2.71. The Bertz CT molecular complexity index is 145. The molecular weight excluding hydrogens is 126 g/mol. The van der Waals surface area contributed by atoms with E-state index in [1.54, 1.807) is 6.08 Å². The number of rotatable bonds is 4. The van der Waals surface area contributed by atoms with Crippen LogP contribution in [-0.2, 0) is 4.79 Å². The molecule has 0 N–H and O–H groups in total. The van der Waals surface area contributed by atoms with Crippen LogP contribution in [0.3, 0.4) is 0 Å². The van der Waals surface area contributed by atoms with Crippen molar-refractivity contribution >= 4 is 6.08 Å². The summed E-state index contributed by atoms with van der Waals surface area (Å²) in [5, 5.41) is 0. The van der Waals surface area contributed by atoms with Gasteiger partial charge in [-0.15, -0.1) is 0 Å². The molecule has 1 aliphatic rings. The minimum atomic E-state index is 0.255. The topological polar surface area (TPSA) is 29.4 Å². The number of hydrogen-bond donors (Lipinski definition) is 0. The van der Waals surface area contributed by atoms with Gasteiger partial charge in [0.2, 0.25) is 6.08 Å². The predicted molar refractivity (Wildman–Crippen MR) is 39.5 cm³/mol. The summed E-state index contributed by atoms with van der Waals surface area (Å²) in [6, 6.07) is 0.255. The molecule has 0 spiro atoms. The van der Waals surface area contributed by atoms with Crippen LogP contribution >= 0.6 is 0 Å². The summed E-state index contributed by atoms with van der Waals surface area (Å²) in [6.45, 7) is 2.06. The van der Waals surface area contributed by atoms with E-state index in [4.69, 9.17) is 0 Å². The second kappa shape index (κ2) is 3.52. The first kappa shape index (κ1) is 7.49. The van der Waals surface area contributed by atoms with Gasteiger partial charge in [-0.25, -0.2) is 9.79 Å². The second-order valence-corrected chi connectivity index (χ2v) is 2.96. The van der Waals surface area contributed by atoms with Gasteiger partial charge in [-0.1, -0.05) is 19.8 Å². The largest absolute Gasteiger partial charge is 0.235 e. The SMILES string of the molecule is CCC(CC1CC1)N=C=O. The number of isocyanates is 1. The summed E-state index contributed by atoms with van der Waals surface area (Å²) in [4.78, 5) is 13.6. The lowest BCUT2D eigenvalue weighted by Gasteiger charge is -2.03. The first-order valence-corrected chi connectivity index (χ1v) is 3.93. The third kappa shape index (κ3) is 2.32.